The molecular weight excluding hydrogens is 382 g/mol. The monoisotopic (exact) mass is 411 g/mol. The van der Waals surface area contributed by atoms with Crippen molar-refractivity contribution in [1.82, 2.24) is 10.2 Å². The van der Waals surface area contributed by atoms with E-state index in [1.807, 2.05) is 44.2 Å². The molecule has 0 spiro atoms. The summed E-state index contributed by atoms with van der Waals surface area (Å²) >= 11 is 0. The lowest BCUT2D eigenvalue weighted by Crippen LogP contribution is -2.44. The van der Waals surface area contributed by atoms with Crippen molar-refractivity contribution in [3.05, 3.63) is 60.2 Å². The van der Waals surface area contributed by atoms with Crippen molar-refractivity contribution < 1.29 is 19.1 Å². The lowest BCUT2D eigenvalue weighted by Gasteiger charge is -2.25. The number of nitrogens with one attached hydrogen (secondary N) is 2. The van der Waals surface area contributed by atoms with E-state index in [2.05, 4.69) is 10.6 Å². The Morgan fingerprint density at radius 3 is 2.27 bits per heavy atom. The number of methoxy groups -OCH3 is 1. The lowest BCUT2D eigenvalue weighted by atomic mass is 10.1. The van der Waals surface area contributed by atoms with E-state index >= 15 is 0 Å². The van der Waals surface area contributed by atoms with E-state index in [9.17, 15) is 14.4 Å². The molecule has 2 aromatic carbocycles. The first-order valence-corrected chi connectivity index (χ1v) is 9.96. The summed E-state index contributed by atoms with van der Waals surface area (Å²) in [7, 11) is 1.57. The van der Waals surface area contributed by atoms with Crippen LogP contribution in [0.15, 0.2) is 54.6 Å². The van der Waals surface area contributed by atoms with Crippen LogP contribution in [0.1, 0.15) is 25.8 Å². The number of hydrogen-bond acceptors (Lipinski definition) is 4. The molecule has 0 aliphatic carbocycles. The average Bonchev–Trinajstić information content (AvgIpc) is 2.77. The fourth-order valence-corrected chi connectivity index (χ4v) is 2.79. The summed E-state index contributed by atoms with van der Waals surface area (Å²) < 4.78 is 5.07. The second kappa shape index (κ2) is 11.6. The van der Waals surface area contributed by atoms with Gasteiger partial charge < -0.3 is 20.3 Å². The van der Waals surface area contributed by atoms with Gasteiger partial charge >= 0.3 is 0 Å². The molecule has 0 heterocycles. The molecule has 30 heavy (non-hydrogen) atoms. The SMILES string of the molecule is CC[C@H](C)C(=O)N(CC(=O)NCC(=O)Nc1ccc(OC)cc1)Cc1ccccc1. The summed E-state index contributed by atoms with van der Waals surface area (Å²) in [5.41, 5.74) is 1.55. The molecule has 0 unspecified atom stereocenters. The van der Waals surface area contributed by atoms with Crippen LogP contribution in [0, 0.1) is 5.92 Å². The van der Waals surface area contributed by atoms with E-state index in [1.165, 1.54) is 4.90 Å². The molecule has 7 heteroatoms. The molecule has 2 rings (SSSR count). The predicted molar refractivity (Wildman–Crippen MR) is 116 cm³/mol. The van der Waals surface area contributed by atoms with E-state index in [4.69, 9.17) is 4.74 Å². The van der Waals surface area contributed by atoms with Gasteiger partial charge in [0.25, 0.3) is 0 Å². The Morgan fingerprint density at radius 1 is 1.00 bits per heavy atom. The van der Waals surface area contributed by atoms with Crippen LogP contribution in [-0.2, 0) is 20.9 Å². The Bertz CT molecular complexity index is 837. The summed E-state index contributed by atoms with van der Waals surface area (Å²) in [6.45, 7) is 3.85. The van der Waals surface area contributed by atoms with E-state index < -0.39 is 0 Å². The molecule has 2 aromatic rings. The van der Waals surface area contributed by atoms with Gasteiger partial charge in [-0.25, -0.2) is 0 Å². The Hall–Kier alpha value is -3.35. The molecule has 0 aliphatic rings. The minimum Gasteiger partial charge on any atom is -0.497 e. The third-order valence-electron chi connectivity index (χ3n) is 4.72. The first-order chi connectivity index (χ1) is 14.4. The van der Waals surface area contributed by atoms with Gasteiger partial charge in [0.2, 0.25) is 17.7 Å². The molecule has 0 radical (unpaired) electrons. The second-order valence-corrected chi connectivity index (χ2v) is 7.04. The van der Waals surface area contributed by atoms with Crippen LogP contribution >= 0.6 is 0 Å². The number of amides is 3. The minimum atomic E-state index is -0.382. The van der Waals surface area contributed by atoms with Crippen LogP contribution in [-0.4, -0.2) is 42.8 Å². The minimum absolute atomic E-state index is 0.0841. The highest BCUT2D eigenvalue weighted by atomic mass is 16.5. The Labute approximate surface area is 177 Å². The van der Waals surface area contributed by atoms with Crippen molar-refractivity contribution in [3.8, 4) is 5.75 Å². The van der Waals surface area contributed by atoms with Crippen molar-refractivity contribution in [2.45, 2.75) is 26.8 Å². The number of benzene rings is 2. The van der Waals surface area contributed by atoms with Gasteiger partial charge in [0.05, 0.1) is 20.2 Å². The molecule has 0 aromatic heterocycles. The first kappa shape index (κ1) is 22.9. The van der Waals surface area contributed by atoms with Crippen LogP contribution in [0.3, 0.4) is 0 Å². The van der Waals surface area contributed by atoms with Gasteiger partial charge in [-0.2, -0.15) is 0 Å². The molecule has 0 saturated heterocycles. The van der Waals surface area contributed by atoms with E-state index in [0.717, 1.165) is 5.56 Å². The fourth-order valence-electron chi connectivity index (χ4n) is 2.79. The maximum atomic E-state index is 12.7. The van der Waals surface area contributed by atoms with E-state index in [1.54, 1.807) is 31.4 Å². The van der Waals surface area contributed by atoms with Crippen LogP contribution in [0.4, 0.5) is 5.69 Å². The van der Waals surface area contributed by atoms with Gasteiger partial charge in [-0.3, -0.25) is 14.4 Å². The molecule has 160 valence electrons. The van der Waals surface area contributed by atoms with Crippen molar-refractivity contribution in [2.24, 2.45) is 5.92 Å². The maximum absolute atomic E-state index is 12.7. The first-order valence-electron chi connectivity index (χ1n) is 9.96. The zero-order chi connectivity index (χ0) is 21.9. The zero-order valence-corrected chi connectivity index (χ0v) is 17.7. The van der Waals surface area contributed by atoms with Gasteiger partial charge in [0, 0.05) is 18.2 Å². The third-order valence-corrected chi connectivity index (χ3v) is 4.72. The zero-order valence-electron chi connectivity index (χ0n) is 17.7. The molecule has 1 atom stereocenters. The quantitative estimate of drug-likeness (QED) is 0.629. The number of anilines is 1. The van der Waals surface area contributed by atoms with E-state index in [0.29, 0.717) is 24.4 Å². The molecule has 2 N–H and O–H groups in total. The summed E-state index contributed by atoms with van der Waals surface area (Å²) in [6.07, 6.45) is 0.690. The van der Waals surface area contributed by atoms with Gasteiger partial charge in [-0.05, 0) is 36.2 Å². The molecule has 0 bridgehead atoms. The number of carbonyl (C=O) groups is 3. The van der Waals surface area contributed by atoms with Crippen LogP contribution in [0.25, 0.3) is 0 Å². The number of hydrogen-bond donors (Lipinski definition) is 2. The summed E-state index contributed by atoms with van der Waals surface area (Å²) in [6, 6.07) is 16.4. The topological polar surface area (TPSA) is 87.7 Å². The summed E-state index contributed by atoms with van der Waals surface area (Å²) in [4.78, 5) is 38.7. The number of rotatable bonds is 10. The smallest absolute Gasteiger partial charge is 0.243 e. The molecule has 3 amide bonds. The standard InChI is InChI=1S/C23H29N3O4/c1-4-17(2)23(29)26(15-18-8-6-5-7-9-18)16-22(28)24-14-21(27)25-19-10-12-20(30-3)13-11-19/h5-13,17H,4,14-16H2,1-3H3,(H,24,28)(H,25,27)/t17-/m0/s1. The number of carbonyl (C=O) groups excluding carboxylic acids is 3. The summed E-state index contributed by atoms with van der Waals surface area (Å²) in [5, 5.41) is 5.29. The molecule has 0 saturated carbocycles. The van der Waals surface area contributed by atoms with Crippen molar-refractivity contribution in [3.63, 3.8) is 0 Å². The van der Waals surface area contributed by atoms with Gasteiger partial charge in [-0.15, -0.1) is 0 Å². The normalized spacial score (nSPS) is 11.3. The third kappa shape index (κ3) is 7.24. The number of nitrogens with zero attached hydrogens (tertiary/aromatic N) is 1. The van der Waals surface area contributed by atoms with Crippen molar-refractivity contribution in [2.75, 3.05) is 25.5 Å². The van der Waals surface area contributed by atoms with Crippen LogP contribution in [0.5, 0.6) is 5.75 Å². The predicted octanol–water partition coefficient (Wildman–Crippen LogP) is 2.82. The largest absolute Gasteiger partial charge is 0.497 e. The summed E-state index contributed by atoms with van der Waals surface area (Å²) in [5.74, 6) is -0.311. The highest BCUT2D eigenvalue weighted by Gasteiger charge is 2.22. The highest BCUT2D eigenvalue weighted by Crippen LogP contribution is 2.15. The van der Waals surface area contributed by atoms with Crippen molar-refractivity contribution in [1.29, 1.82) is 0 Å². The van der Waals surface area contributed by atoms with Gasteiger partial charge in [0.1, 0.15) is 5.75 Å². The maximum Gasteiger partial charge on any atom is 0.243 e. The van der Waals surface area contributed by atoms with Gasteiger partial charge in [-0.1, -0.05) is 44.2 Å². The van der Waals surface area contributed by atoms with Crippen LogP contribution < -0.4 is 15.4 Å². The van der Waals surface area contributed by atoms with Gasteiger partial charge in [0.15, 0.2) is 0 Å². The van der Waals surface area contributed by atoms with Crippen LogP contribution in [0.2, 0.25) is 0 Å². The highest BCUT2D eigenvalue weighted by molar-refractivity contribution is 5.95. The lowest BCUT2D eigenvalue weighted by molar-refractivity contribution is -0.139. The molecular formula is C23H29N3O4. The number of ether oxygens (including phenoxy) is 1. The van der Waals surface area contributed by atoms with Crippen molar-refractivity contribution >= 4 is 23.4 Å². The molecule has 0 fully saturated rings. The Kier molecular flexibility index (Phi) is 8.87. The Balaban J connectivity index is 1.90. The fraction of sp³-hybridized carbons (Fsp3) is 0.348. The second-order valence-electron chi connectivity index (χ2n) is 7.04. The average molecular weight is 412 g/mol. The Morgan fingerprint density at radius 2 is 1.67 bits per heavy atom. The molecule has 7 nitrogen and oxygen atoms in total. The molecule has 0 aliphatic heterocycles. The van der Waals surface area contributed by atoms with E-state index in [-0.39, 0.29) is 36.7 Å².